The summed E-state index contributed by atoms with van der Waals surface area (Å²) in [5.41, 5.74) is 7.48. The Bertz CT molecular complexity index is 1390. The highest BCUT2D eigenvalue weighted by Gasteiger charge is 2.31. The molecule has 3 heterocycles. The van der Waals surface area contributed by atoms with Crippen LogP contribution in [0, 0.1) is 17.7 Å². The van der Waals surface area contributed by atoms with Gasteiger partial charge in [-0.05, 0) is 37.3 Å². The predicted octanol–water partition coefficient (Wildman–Crippen LogP) is 2.21. The number of rotatable bonds is 5. The summed E-state index contributed by atoms with van der Waals surface area (Å²) < 4.78 is 18.5. The second-order valence-electron chi connectivity index (χ2n) is 8.52. The van der Waals surface area contributed by atoms with Crippen molar-refractivity contribution in [3.8, 4) is 11.8 Å². The summed E-state index contributed by atoms with van der Waals surface area (Å²) in [6.45, 7) is 4.49. The average molecular weight is 462 g/mol. The fourth-order valence-corrected chi connectivity index (χ4v) is 4.44. The number of hydrogen-bond acceptors (Lipinski definition) is 5. The van der Waals surface area contributed by atoms with Gasteiger partial charge in [0, 0.05) is 32.2 Å². The number of nitrogens with one attached hydrogen (secondary N) is 1. The first-order valence-corrected chi connectivity index (χ1v) is 11.1. The second-order valence-corrected chi connectivity index (χ2v) is 8.52. The summed E-state index contributed by atoms with van der Waals surface area (Å²) in [6.07, 6.45) is 5.79. The molecule has 1 saturated heterocycles. The van der Waals surface area contributed by atoms with Crippen molar-refractivity contribution in [2.75, 3.05) is 25.5 Å². The number of nitrogens with two attached hydrogens (primary N) is 1. The molecule has 0 bridgehead atoms. The lowest BCUT2D eigenvalue weighted by Crippen LogP contribution is -2.27. The SMILES string of the molecule is C=CC(=O)N1CC[C@H](n2nc(C#Cc3cc4ncn(C5CC5)c4cc3F)c(C(N)=O)c2NC)C1. The Morgan fingerprint density at radius 2 is 2.06 bits per heavy atom. The number of aromatic nitrogens is 4. The van der Waals surface area contributed by atoms with Crippen molar-refractivity contribution >= 4 is 28.7 Å². The van der Waals surface area contributed by atoms with E-state index in [1.807, 2.05) is 4.57 Å². The number of hydrogen-bond donors (Lipinski definition) is 2. The molecule has 0 unspecified atom stereocenters. The largest absolute Gasteiger partial charge is 0.373 e. The molecule has 1 aliphatic heterocycles. The van der Waals surface area contributed by atoms with E-state index < -0.39 is 11.7 Å². The smallest absolute Gasteiger partial charge is 0.255 e. The standard InChI is InChI=1S/C24H24FN7O2/c1-3-21(33)30-9-8-16(12-30)32-24(27-2)22(23(26)34)18(29-32)7-4-14-10-19-20(11-17(14)25)31(13-28-19)15-5-6-15/h3,10-11,13,15-16,27H,1,5-6,8-9,12H2,2H3,(H2,26,34)/t16-/m0/s1. The number of carbonyl (C=O) groups is 2. The Hall–Kier alpha value is -4.13. The molecule has 1 saturated carbocycles. The Morgan fingerprint density at radius 1 is 1.26 bits per heavy atom. The first kappa shape index (κ1) is 21.7. The van der Waals surface area contributed by atoms with E-state index in [9.17, 15) is 14.0 Å². The zero-order chi connectivity index (χ0) is 24.0. The van der Waals surface area contributed by atoms with Crippen molar-refractivity contribution in [1.29, 1.82) is 0 Å². The number of carbonyl (C=O) groups excluding carboxylic acids is 2. The number of halogens is 1. The third kappa shape index (κ3) is 3.69. The molecule has 3 N–H and O–H groups in total. The lowest BCUT2D eigenvalue weighted by atomic mass is 10.1. The third-order valence-electron chi connectivity index (χ3n) is 6.31. The maximum absolute atomic E-state index is 14.9. The Labute approximate surface area is 195 Å². The summed E-state index contributed by atoms with van der Waals surface area (Å²) in [4.78, 5) is 30.3. The topological polar surface area (TPSA) is 111 Å². The van der Waals surface area contributed by atoms with Crippen molar-refractivity contribution in [1.82, 2.24) is 24.2 Å². The monoisotopic (exact) mass is 461 g/mol. The van der Waals surface area contributed by atoms with Crippen molar-refractivity contribution < 1.29 is 14.0 Å². The molecule has 2 aromatic heterocycles. The van der Waals surface area contributed by atoms with Gasteiger partial charge in [-0.2, -0.15) is 5.10 Å². The first-order valence-electron chi connectivity index (χ1n) is 11.1. The number of imidazole rings is 1. The molecular formula is C24H24FN7O2. The van der Waals surface area contributed by atoms with Crippen molar-refractivity contribution in [2.45, 2.75) is 31.3 Å². The van der Waals surface area contributed by atoms with Crippen LogP contribution < -0.4 is 11.1 Å². The highest BCUT2D eigenvalue weighted by atomic mass is 19.1. The lowest BCUT2D eigenvalue weighted by Gasteiger charge is -2.16. The molecule has 1 atom stereocenters. The number of amides is 2. The molecule has 5 rings (SSSR count). The zero-order valence-electron chi connectivity index (χ0n) is 18.7. The minimum absolute atomic E-state index is 0.128. The fourth-order valence-electron chi connectivity index (χ4n) is 4.44. The van der Waals surface area contributed by atoms with E-state index in [-0.39, 0.29) is 28.8 Å². The zero-order valence-corrected chi connectivity index (χ0v) is 18.7. The van der Waals surface area contributed by atoms with Crippen molar-refractivity contribution in [2.24, 2.45) is 5.73 Å². The number of nitrogens with zero attached hydrogens (tertiary/aromatic N) is 5. The highest BCUT2D eigenvalue weighted by molar-refractivity contribution is 6.00. The highest BCUT2D eigenvalue weighted by Crippen LogP contribution is 2.37. The first-order chi connectivity index (χ1) is 16.4. The molecule has 3 aromatic rings. The molecule has 174 valence electrons. The van der Waals surface area contributed by atoms with Gasteiger partial charge in [0.2, 0.25) is 5.91 Å². The number of likely N-dealkylation sites (tertiary alicyclic amines) is 1. The summed E-state index contributed by atoms with van der Waals surface area (Å²) in [6, 6.07) is 3.27. The molecule has 1 aliphatic carbocycles. The van der Waals surface area contributed by atoms with Crippen molar-refractivity contribution in [3.63, 3.8) is 0 Å². The quantitative estimate of drug-likeness (QED) is 0.447. The third-order valence-corrected chi connectivity index (χ3v) is 6.31. The number of primary amides is 1. The molecule has 1 aromatic carbocycles. The molecule has 34 heavy (non-hydrogen) atoms. The van der Waals surface area contributed by atoms with E-state index in [2.05, 4.69) is 33.8 Å². The number of anilines is 1. The van der Waals surface area contributed by atoms with Gasteiger partial charge >= 0.3 is 0 Å². The molecule has 0 radical (unpaired) electrons. The van der Waals surface area contributed by atoms with Gasteiger partial charge in [0.1, 0.15) is 17.2 Å². The van der Waals surface area contributed by atoms with Crippen LogP contribution in [0.3, 0.4) is 0 Å². The van der Waals surface area contributed by atoms with Gasteiger partial charge in [-0.1, -0.05) is 12.5 Å². The Morgan fingerprint density at radius 3 is 2.74 bits per heavy atom. The molecule has 9 nitrogen and oxygen atoms in total. The lowest BCUT2D eigenvalue weighted by molar-refractivity contribution is -0.125. The van der Waals surface area contributed by atoms with E-state index in [4.69, 9.17) is 5.73 Å². The van der Waals surface area contributed by atoms with Gasteiger partial charge in [-0.15, -0.1) is 0 Å². The summed E-state index contributed by atoms with van der Waals surface area (Å²) >= 11 is 0. The van der Waals surface area contributed by atoms with Crippen molar-refractivity contribution in [3.05, 3.63) is 53.8 Å². The van der Waals surface area contributed by atoms with Gasteiger partial charge in [-0.3, -0.25) is 9.59 Å². The summed E-state index contributed by atoms with van der Waals surface area (Å²) in [5, 5.41) is 7.50. The van der Waals surface area contributed by atoms with Crippen LogP contribution in [0.4, 0.5) is 10.2 Å². The molecular weight excluding hydrogens is 437 g/mol. The van der Waals surface area contributed by atoms with Crippen LogP contribution in [0.5, 0.6) is 0 Å². The minimum Gasteiger partial charge on any atom is -0.373 e. The van der Waals surface area contributed by atoms with E-state index in [0.717, 1.165) is 18.4 Å². The molecule has 10 heteroatoms. The van der Waals surface area contributed by atoms with Crippen LogP contribution in [-0.4, -0.2) is 56.2 Å². The number of benzene rings is 1. The van der Waals surface area contributed by atoms with Crippen LogP contribution in [0.1, 0.15) is 53.0 Å². The molecule has 2 fully saturated rings. The van der Waals surface area contributed by atoms with Crippen LogP contribution >= 0.6 is 0 Å². The summed E-state index contributed by atoms with van der Waals surface area (Å²) in [5.74, 6) is 4.71. The van der Waals surface area contributed by atoms with E-state index in [1.165, 1.54) is 12.1 Å². The van der Waals surface area contributed by atoms with Gasteiger partial charge < -0.3 is 20.5 Å². The van der Waals surface area contributed by atoms with Crippen LogP contribution in [-0.2, 0) is 4.79 Å². The maximum atomic E-state index is 14.9. The van der Waals surface area contributed by atoms with Crippen LogP contribution in [0.2, 0.25) is 0 Å². The fraction of sp³-hybridized carbons (Fsp3) is 0.333. The normalized spacial score (nSPS) is 17.5. The molecule has 2 aliphatic rings. The second kappa shape index (κ2) is 8.33. The Kier molecular flexibility index (Phi) is 5.32. The predicted molar refractivity (Wildman–Crippen MR) is 125 cm³/mol. The van der Waals surface area contributed by atoms with E-state index >= 15 is 0 Å². The van der Waals surface area contributed by atoms with Gasteiger partial charge in [-0.25, -0.2) is 14.1 Å². The minimum atomic E-state index is -0.698. The van der Waals surface area contributed by atoms with E-state index in [0.29, 0.717) is 36.9 Å². The maximum Gasteiger partial charge on any atom is 0.255 e. The van der Waals surface area contributed by atoms with Gasteiger partial charge in [0.05, 0.1) is 29.0 Å². The van der Waals surface area contributed by atoms with Crippen LogP contribution in [0.15, 0.2) is 31.1 Å². The van der Waals surface area contributed by atoms with Gasteiger partial charge in [0.25, 0.3) is 5.91 Å². The number of fused-ring (bicyclic) bond motifs is 1. The Balaban J connectivity index is 1.51. The van der Waals surface area contributed by atoms with E-state index in [1.54, 1.807) is 29.0 Å². The average Bonchev–Trinajstić information content (AvgIpc) is 3.24. The van der Waals surface area contributed by atoms with Gasteiger partial charge in [0.15, 0.2) is 5.69 Å². The molecule has 2 amide bonds. The summed E-state index contributed by atoms with van der Waals surface area (Å²) in [7, 11) is 1.66. The van der Waals surface area contributed by atoms with Crippen LogP contribution in [0.25, 0.3) is 11.0 Å². The molecule has 0 spiro atoms.